The van der Waals surface area contributed by atoms with Crippen molar-refractivity contribution < 1.29 is 0 Å². The Labute approximate surface area is 96.1 Å². The fourth-order valence-electron chi connectivity index (χ4n) is 1.70. The van der Waals surface area contributed by atoms with E-state index in [1.165, 1.54) is 11.1 Å². The Morgan fingerprint density at radius 3 is 2.94 bits per heavy atom. The summed E-state index contributed by atoms with van der Waals surface area (Å²) in [6.45, 7) is 4.95. The van der Waals surface area contributed by atoms with E-state index >= 15 is 0 Å². The maximum absolute atomic E-state index is 4.04. The molecule has 0 aliphatic carbocycles. The summed E-state index contributed by atoms with van der Waals surface area (Å²) in [5.41, 5.74) is 2.65. The standard InChI is InChI=1S/C13H17N3/c1-2-14-9-12-4-3-5-13(8-12)10-16-7-6-15-11-16/h3-8,11,14H,2,9-10H2,1H3. The molecule has 1 aromatic carbocycles. The second-order valence-electron chi connectivity index (χ2n) is 3.84. The topological polar surface area (TPSA) is 29.9 Å². The van der Waals surface area contributed by atoms with Crippen molar-refractivity contribution in [1.82, 2.24) is 14.9 Å². The summed E-state index contributed by atoms with van der Waals surface area (Å²) >= 11 is 0. The van der Waals surface area contributed by atoms with Gasteiger partial charge in [0.2, 0.25) is 0 Å². The minimum atomic E-state index is 0.889. The number of rotatable bonds is 5. The van der Waals surface area contributed by atoms with E-state index in [1.54, 1.807) is 0 Å². The Kier molecular flexibility index (Phi) is 3.72. The second-order valence-corrected chi connectivity index (χ2v) is 3.84. The van der Waals surface area contributed by atoms with Crippen molar-refractivity contribution in [2.45, 2.75) is 20.0 Å². The van der Waals surface area contributed by atoms with Crippen LogP contribution in [-0.2, 0) is 13.1 Å². The van der Waals surface area contributed by atoms with Gasteiger partial charge in [-0.15, -0.1) is 0 Å². The highest BCUT2D eigenvalue weighted by Gasteiger charge is 1.96. The number of nitrogens with zero attached hydrogens (tertiary/aromatic N) is 2. The monoisotopic (exact) mass is 215 g/mol. The highest BCUT2D eigenvalue weighted by Crippen LogP contribution is 2.07. The fraction of sp³-hybridized carbons (Fsp3) is 0.308. The number of imidazole rings is 1. The van der Waals surface area contributed by atoms with Crippen LogP contribution in [0.3, 0.4) is 0 Å². The zero-order valence-electron chi connectivity index (χ0n) is 9.56. The van der Waals surface area contributed by atoms with E-state index in [-0.39, 0.29) is 0 Å². The first-order valence-electron chi connectivity index (χ1n) is 5.63. The largest absolute Gasteiger partial charge is 0.333 e. The van der Waals surface area contributed by atoms with Crippen LogP contribution < -0.4 is 5.32 Å². The number of aromatic nitrogens is 2. The van der Waals surface area contributed by atoms with Gasteiger partial charge >= 0.3 is 0 Å². The van der Waals surface area contributed by atoms with Crippen molar-refractivity contribution in [3.05, 3.63) is 54.1 Å². The molecule has 2 aromatic rings. The molecule has 0 unspecified atom stereocenters. The minimum absolute atomic E-state index is 0.889. The van der Waals surface area contributed by atoms with Gasteiger partial charge in [0.1, 0.15) is 0 Å². The number of nitrogens with one attached hydrogen (secondary N) is 1. The van der Waals surface area contributed by atoms with Crippen LogP contribution in [-0.4, -0.2) is 16.1 Å². The molecule has 0 aliphatic rings. The van der Waals surface area contributed by atoms with Crippen LogP contribution in [0.15, 0.2) is 43.0 Å². The van der Waals surface area contributed by atoms with Gasteiger partial charge < -0.3 is 9.88 Å². The molecule has 0 fully saturated rings. The fourth-order valence-corrected chi connectivity index (χ4v) is 1.70. The predicted molar refractivity (Wildman–Crippen MR) is 65.2 cm³/mol. The summed E-state index contributed by atoms with van der Waals surface area (Å²) < 4.78 is 2.08. The number of hydrogen-bond donors (Lipinski definition) is 1. The molecule has 0 saturated carbocycles. The zero-order chi connectivity index (χ0) is 11.2. The van der Waals surface area contributed by atoms with Gasteiger partial charge in [0, 0.05) is 25.5 Å². The van der Waals surface area contributed by atoms with Crippen LogP contribution >= 0.6 is 0 Å². The molecule has 1 N–H and O–H groups in total. The van der Waals surface area contributed by atoms with Gasteiger partial charge in [-0.25, -0.2) is 4.98 Å². The molecule has 0 saturated heterocycles. The Morgan fingerprint density at radius 2 is 2.19 bits per heavy atom. The van der Waals surface area contributed by atoms with Crippen molar-refractivity contribution in [3.63, 3.8) is 0 Å². The van der Waals surface area contributed by atoms with Crippen LogP contribution in [0.2, 0.25) is 0 Å². The van der Waals surface area contributed by atoms with E-state index in [9.17, 15) is 0 Å². The Hall–Kier alpha value is -1.61. The molecule has 0 spiro atoms. The molecule has 1 aromatic heterocycles. The van der Waals surface area contributed by atoms with Crippen LogP contribution in [0.4, 0.5) is 0 Å². The summed E-state index contributed by atoms with van der Waals surface area (Å²) in [6.07, 6.45) is 5.64. The minimum Gasteiger partial charge on any atom is -0.333 e. The second kappa shape index (κ2) is 5.47. The van der Waals surface area contributed by atoms with Crippen molar-refractivity contribution in [2.75, 3.05) is 6.54 Å². The summed E-state index contributed by atoms with van der Waals surface area (Å²) in [4.78, 5) is 4.04. The molecule has 0 amide bonds. The molecule has 84 valence electrons. The summed E-state index contributed by atoms with van der Waals surface area (Å²) in [5, 5.41) is 3.33. The van der Waals surface area contributed by atoms with Crippen LogP contribution in [0.1, 0.15) is 18.1 Å². The maximum Gasteiger partial charge on any atom is 0.0949 e. The third kappa shape index (κ3) is 2.94. The van der Waals surface area contributed by atoms with Crippen LogP contribution in [0.25, 0.3) is 0 Å². The van der Waals surface area contributed by atoms with Crippen molar-refractivity contribution >= 4 is 0 Å². The van der Waals surface area contributed by atoms with Crippen LogP contribution in [0.5, 0.6) is 0 Å². The lowest BCUT2D eigenvalue weighted by atomic mass is 10.1. The van der Waals surface area contributed by atoms with E-state index in [2.05, 4.69) is 46.1 Å². The van der Waals surface area contributed by atoms with Gasteiger partial charge in [-0.3, -0.25) is 0 Å². The highest BCUT2D eigenvalue weighted by molar-refractivity contribution is 5.23. The summed E-state index contributed by atoms with van der Waals surface area (Å²) in [5.74, 6) is 0. The van der Waals surface area contributed by atoms with E-state index in [0.717, 1.165) is 19.6 Å². The van der Waals surface area contributed by atoms with Crippen molar-refractivity contribution in [3.8, 4) is 0 Å². The zero-order valence-corrected chi connectivity index (χ0v) is 9.56. The van der Waals surface area contributed by atoms with Gasteiger partial charge in [0.25, 0.3) is 0 Å². The first-order valence-corrected chi connectivity index (χ1v) is 5.63. The summed E-state index contributed by atoms with van der Waals surface area (Å²) in [6, 6.07) is 8.65. The lowest BCUT2D eigenvalue weighted by Crippen LogP contribution is -2.11. The van der Waals surface area contributed by atoms with Gasteiger partial charge in [0.15, 0.2) is 0 Å². The highest BCUT2D eigenvalue weighted by atomic mass is 15.0. The average Bonchev–Trinajstić information content (AvgIpc) is 2.80. The average molecular weight is 215 g/mol. The third-order valence-electron chi connectivity index (χ3n) is 2.49. The maximum atomic E-state index is 4.04. The van der Waals surface area contributed by atoms with Gasteiger partial charge in [-0.1, -0.05) is 31.2 Å². The first-order chi connectivity index (χ1) is 7.88. The first kappa shape index (κ1) is 10.9. The molecule has 1 heterocycles. The van der Waals surface area contributed by atoms with E-state index in [1.807, 2.05) is 18.7 Å². The molecule has 16 heavy (non-hydrogen) atoms. The van der Waals surface area contributed by atoms with E-state index < -0.39 is 0 Å². The van der Waals surface area contributed by atoms with E-state index in [4.69, 9.17) is 0 Å². The number of hydrogen-bond acceptors (Lipinski definition) is 2. The Morgan fingerprint density at radius 1 is 1.31 bits per heavy atom. The third-order valence-corrected chi connectivity index (χ3v) is 2.49. The van der Waals surface area contributed by atoms with Gasteiger partial charge in [0.05, 0.1) is 6.33 Å². The smallest absolute Gasteiger partial charge is 0.0949 e. The molecule has 0 aliphatic heterocycles. The van der Waals surface area contributed by atoms with Crippen molar-refractivity contribution in [2.24, 2.45) is 0 Å². The molecule has 0 bridgehead atoms. The van der Waals surface area contributed by atoms with Crippen LogP contribution in [0, 0.1) is 0 Å². The normalized spacial score (nSPS) is 10.6. The molecular weight excluding hydrogens is 198 g/mol. The quantitative estimate of drug-likeness (QED) is 0.827. The molecule has 0 radical (unpaired) electrons. The Balaban J connectivity index is 2.04. The molecule has 3 nitrogen and oxygen atoms in total. The van der Waals surface area contributed by atoms with E-state index in [0.29, 0.717) is 0 Å². The molecular formula is C13H17N3. The lowest BCUT2D eigenvalue weighted by Gasteiger charge is -2.06. The summed E-state index contributed by atoms with van der Waals surface area (Å²) in [7, 11) is 0. The molecule has 2 rings (SSSR count). The van der Waals surface area contributed by atoms with Gasteiger partial charge in [-0.2, -0.15) is 0 Å². The van der Waals surface area contributed by atoms with Crippen molar-refractivity contribution in [1.29, 1.82) is 0 Å². The molecule has 0 atom stereocenters. The van der Waals surface area contributed by atoms with Gasteiger partial charge in [-0.05, 0) is 17.7 Å². The lowest BCUT2D eigenvalue weighted by molar-refractivity contribution is 0.723. The SMILES string of the molecule is CCNCc1cccc(Cn2ccnc2)c1. The molecule has 3 heteroatoms. The Bertz CT molecular complexity index is 421. The number of benzene rings is 1. The predicted octanol–water partition coefficient (Wildman–Crippen LogP) is 2.04.